The first-order chi connectivity index (χ1) is 18.7. The second kappa shape index (κ2) is 9.65. The molecular weight excluding hydrogens is 551 g/mol. The van der Waals surface area contributed by atoms with Gasteiger partial charge in [-0.1, -0.05) is 23.8 Å². The Morgan fingerprint density at radius 1 is 0.795 bits per heavy atom. The molecule has 0 atom stereocenters. The lowest BCUT2D eigenvalue weighted by Crippen LogP contribution is -2.11. The lowest BCUT2D eigenvalue weighted by molar-refractivity contribution is 0.102. The minimum Gasteiger partial charge on any atom is -0.322 e. The van der Waals surface area contributed by atoms with E-state index in [2.05, 4.69) is 10.3 Å². The Labute approximate surface area is 232 Å². The van der Waals surface area contributed by atoms with E-state index in [1.807, 2.05) is 61.5 Å². The number of aromatic nitrogens is 2. The molecule has 6 aromatic rings. The van der Waals surface area contributed by atoms with Crippen LogP contribution >= 0.6 is 22.7 Å². The van der Waals surface area contributed by atoms with Gasteiger partial charge in [0, 0.05) is 22.4 Å². The summed E-state index contributed by atoms with van der Waals surface area (Å²) in [6.45, 7) is 3.63. The predicted octanol–water partition coefficient (Wildman–Crippen LogP) is 7.36. The van der Waals surface area contributed by atoms with Crippen LogP contribution in [0.3, 0.4) is 0 Å². The van der Waals surface area contributed by atoms with Gasteiger partial charge in [0.2, 0.25) is 0 Å². The highest BCUT2D eigenvalue weighted by molar-refractivity contribution is 7.86. The van der Waals surface area contributed by atoms with Crippen molar-refractivity contribution in [2.45, 2.75) is 18.7 Å². The first-order valence-electron chi connectivity index (χ1n) is 11.9. The van der Waals surface area contributed by atoms with Crippen molar-refractivity contribution in [1.82, 2.24) is 9.97 Å². The quantitative estimate of drug-likeness (QED) is 0.209. The molecule has 4 aromatic carbocycles. The van der Waals surface area contributed by atoms with Crippen LogP contribution in [0, 0.1) is 13.8 Å². The molecule has 0 fully saturated rings. The molecule has 0 unspecified atom stereocenters. The molecule has 10 heteroatoms. The van der Waals surface area contributed by atoms with Crippen LogP contribution in [0.15, 0.2) is 83.8 Å². The molecule has 2 N–H and O–H groups in total. The largest absolute Gasteiger partial charge is 0.322 e. The smallest absolute Gasteiger partial charge is 0.296 e. The fourth-order valence-electron chi connectivity index (χ4n) is 4.30. The molecular formula is C29H21N3O4S3. The first kappa shape index (κ1) is 25.3. The third kappa shape index (κ3) is 4.95. The number of nitrogens with one attached hydrogen (secondary N) is 1. The van der Waals surface area contributed by atoms with Crippen LogP contribution in [0.1, 0.15) is 21.5 Å². The monoisotopic (exact) mass is 571 g/mol. The van der Waals surface area contributed by atoms with Crippen molar-refractivity contribution in [1.29, 1.82) is 0 Å². The van der Waals surface area contributed by atoms with Gasteiger partial charge in [0.05, 0.1) is 20.4 Å². The second-order valence-corrected chi connectivity index (χ2v) is 12.5. The van der Waals surface area contributed by atoms with Crippen LogP contribution in [0.4, 0.5) is 5.69 Å². The number of hydrogen-bond acceptors (Lipinski definition) is 7. The first-order valence-corrected chi connectivity index (χ1v) is 15.0. The van der Waals surface area contributed by atoms with Crippen molar-refractivity contribution < 1.29 is 17.8 Å². The Hall–Kier alpha value is -3.96. The van der Waals surface area contributed by atoms with Gasteiger partial charge in [-0.15, -0.1) is 22.7 Å². The number of hydrogen-bond donors (Lipinski definition) is 2. The van der Waals surface area contributed by atoms with Gasteiger partial charge >= 0.3 is 0 Å². The Morgan fingerprint density at radius 3 is 2.15 bits per heavy atom. The Balaban J connectivity index is 1.27. The van der Waals surface area contributed by atoms with Crippen molar-refractivity contribution in [2.24, 2.45) is 0 Å². The van der Waals surface area contributed by atoms with E-state index < -0.39 is 10.1 Å². The van der Waals surface area contributed by atoms with E-state index in [-0.39, 0.29) is 10.8 Å². The number of nitrogens with zero attached hydrogens (tertiary/aromatic N) is 2. The third-order valence-corrected chi connectivity index (χ3v) is 9.68. The van der Waals surface area contributed by atoms with Gasteiger partial charge in [0.1, 0.15) is 14.9 Å². The van der Waals surface area contributed by atoms with Gasteiger partial charge in [-0.05, 0) is 80.1 Å². The molecule has 0 radical (unpaired) electrons. The van der Waals surface area contributed by atoms with Crippen molar-refractivity contribution >= 4 is 64.8 Å². The molecule has 2 heterocycles. The third-order valence-electron chi connectivity index (χ3n) is 6.31. The molecule has 0 bridgehead atoms. The van der Waals surface area contributed by atoms with E-state index in [1.165, 1.54) is 22.7 Å². The maximum atomic E-state index is 12.5. The van der Waals surface area contributed by atoms with Crippen LogP contribution < -0.4 is 5.32 Å². The lowest BCUT2D eigenvalue weighted by atomic mass is 10.1. The molecule has 39 heavy (non-hydrogen) atoms. The number of anilines is 1. The van der Waals surface area contributed by atoms with E-state index in [9.17, 15) is 17.8 Å². The highest BCUT2D eigenvalue weighted by Crippen LogP contribution is 2.38. The van der Waals surface area contributed by atoms with Gasteiger partial charge in [0.15, 0.2) is 0 Å². The van der Waals surface area contributed by atoms with E-state index in [1.54, 1.807) is 31.2 Å². The highest BCUT2D eigenvalue weighted by atomic mass is 32.2. The summed E-state index contributed by atoms with van der Waals surface area (Å²) in [6, 6.07) is 24.2. The summed E-state index contributed by atoms with van der Waals surface area (Å²) in [5.41, 5.74) is 6.00. The number of carbonyl (C=O) groups excluding carboxylic acids is 1. The SMILES string of the molecule is Cc1ccc(C(=O)Nc2ccc(-c3nc4ccc(-c5nc6ccc(C)c(S(=O)(=O)O)c6s5)cc4s3)cc2)cc1. The van der Waals surface area contributed by atoms with E-state index in [0.29, 0.717) is 32.0 Å². The minimum atomic E-state index is -4.38. The zero-order valence-corrected chi connectivity index (χ0v) is 23.2. The molecule has 0 saturated carbocycles. The van der Waals surface area contributed by atoms with E-state index >= 15 is 0 Å². The number of amides is 1. The van der Waals surface area contributed by atoms with Crippen LogP contribution in [0.25, 0.3) is 41.6 Å². The van der Waals surface area contributed by atoms with Crippen molar-refractivity contribution in [3.63, 3.8) is 0 Å². The second-order valence-electron chi connectivity index (χ2n) is 9.15. The topological polar surface area (TPSA) is 109 Å². The van der Waals surface area contributed by atoms with Gasteiger partial charge in [-0.25, -0.2) is 9.97 Å². The molecule has 1 amide bonds. The number of carbonyl (C=O) groups is 1. The molecule has 0 spiro atoms. The zero-order valence-electron chi connectivity index (χ0n) is 20.8. The number of thiazole rings is 2. The fourth-order valence-corrected chi connectivity index (χ4v) is 7.61. The van der Waals surface area contributed by atoms with Gasteiger partial charge < -0.3 is 5.32 Å². The molecule has 0 aliphatic rings. The molecule has 0 aliphatic carbocycles. The molecule has 6 rings (SSSR count). The lowest BCUT2D eigenvalue weighted by Gasteiger charge is -2.06. The molecule has 0 aliphatic heterocycles. The van der Waals surface area contributed by atoms with Crippen molar-refractivity contribution in [3.8, 4) is 21.1 Å². The molecule has 194 valence electrons. The summed E-state index contributed by atoms with van der Waals surface area (Å²) in [7, 11) is -4.38. The Kier molecular flexibility index (Phi) is 6.27. The van der Waals surface area contributed by atoms with Crippen molar-refractivity contribution in [2.75, 3.05) is 5.32 Å². The van der Waals surface area contributed by atoms with Crippen LogP contribution in [0.5, 0.6) is 0 Å². The maximum absolute atomic E-state index is 12.5. The Bertz CT molecular complexity index is 1990. The summed E-state index contributed by atoms with van der Waals surface area (Å²) in [6.07, 6.45) is 0. The fraction of sp³-hybridized carbons (Fsp3) is 0.0690. The Morgan fingerprint density at radius 2 is 1.44 bits per heavy atom. The zero-order chi connectivity index (χ0) is 27.3. The van der Waals surface area contributed by atoms with Crippen LogP contribution in [-0.4, -0.2) is 28.8 Å². The summed E-state index contributed by atoms with van der Waals surface area (Å²) in [4.78, 5) is 21.8. The summed E-state index contributed by atoms with van der Waals surface area (Å²) in [5, 5.41) is 4.42. The summed E-state index contributed by atoms with van der Waals surface area (Å²) >= 11 is 2.77. The van der Waals surface area contributed by atoms with Gasteiger partial charge in [-0.3, -0.25) is 9.35 Å². The van der Waals surface area contributed by atoms with Crippen LogP contribution in [-0.2, 0) is 10.1 Å². The number of fused-ring (bicyclic) bond motifs is 2. The maximum Gasteiger partial charge on any atom is 0.296 e. The minimum absolute atomic E-state index is 0.0941. The van der Waals surface area contributed by atoms with Crippen LogP contribution in [0.2, 0.25) is 0 Å². The van der Waals surface area contributed by atoms with Gasteiger partial charge in [0.25, 0.3) is 16.0 Å². The molecule has 0 saturated heterocycles. The average molecular weight is 572 g/mol. The number of benzene rings is 4. The van der Waals surface area contributed by atoms with E-state index in [4.69, 9.17) is 4.98 Å². The highest BCUT2D eigenvalue weighted by Gasteiger charge is 2.21. The number of rotatable bonds is 5. The average Bonchev–Trinajstić information content (AvgIpc) is 3.52. The molecule has 7 nitrogen and oxygen atoms in total. The number of aryl methyl sites for hydroxylation is 2. The standard InChI is InChI=1S/C29H21N3O4S3/c1-16-3-6-18(7-4-16)27(33)30-21-11-8-19(9-12-21)28-31-22-14-10-20(15-24(22)37-28)29-32-23-13-5-17(2)26(25(23)38-29)39(34,35)36/h3-15H,1-2H3,(H,30,33)(H,34,35,36). The normalized spacial score (nSPS) is 11.8. The van der Waals surface area contributed by atoms with Gasteiger partial charge in [-0.2, -0.15) is 8.42 Å². The predicted molar refractivity (Wildman–Crippen MR) is 157 cm³/mol. The van der Waals surface area contributed by atoms with E-state index in [0.717, 1.165) is 31.9 Å². The summed E-state index contributed by atoms with van der Waals surface area (Å²) < 4.78 is 35.1. The summed E-state index contributed by atoms with van der Waals surface area (Å²) in [5.74, 6) is -0.163. The van der Waals surface area contributed by atoms with Crippen molar-refractivity contribution in [3.05, 3.63) is 95.6 Å². The molecule has 2 aromatic heterocycles.